The number of piperazine rings is 1. The Morgan fingerprint density at radius 1 is 0.944 bits per heavy atom. The molecule has 11 heteroatoms. The first kappa shape index (κ1) is 26.9. The fourth-order valence-corrected chi connectivity index (χ4v) is 6.80. The number of pyridine rings is 1. The molecule has 1 amide bonds. The molecule has 0 radical (unpaired) electrons. The minimum absolute atomic E-state index is 0.00605. The Labute approximate surface area is 229 Å². The summed E-state index contributed by atoms with van der Waals surface area (Å²) in [5.74, 6) is 0.763. The fraction of sp³-hybridized carbons (Fsp3) is 0.280. The zero-order valence-electron chi connectivity index (χ0n) is 19.4. The smallest absolute Gasteiger partial charge is 0.246 e. The van der Waals surface area contributed by atoms with Crippen LogP contribution < -0.4 is 4.90 Å². The Hall–Kier alpha value is -2.17. The number of rotatable bonds is 8. The van der Waals surface area contributed by atoms with Crippen LogP contribution in [0.3, 0.4) is 0 Å². The van der Waals surface area contributed by atoms with Gasteiger partial charge in [0.25, 0.3) is 0 Å². The second-order valence-electron chi connectivity index (χ2n) is 8.33. The van der Waals surface area contributed by atoms with Crippen LogP contribution in [0.4, 0.5) is 5.82 Å². The van der Waals surface area contributed by atoms with Gasteiger partial charge in [-0.05, 0) is 45.8 Å². The summed E-state index contributed by atoms with van der Waals surface area (Å²) in [5, 5.41) is 0.0918. The number of carbonyl (C=O) groups excluding carboxylic acids is 1. The van der Waals surface area contributed by atoms with Gasteiger partial charge in [-0.2, -0.15) is 4.31 Å². The maximum atomic E-state index is 13.6. The summed E-state index contributed by atoms with van der Waals surface area (Å²) in [6.45, 7) is 2.49. The van der Waals surface area contributed by atoms with E-state index in [2.05, 4.69) is 25.8 Å². The van der Waals surface area contributed by atoms with Crippen LogP contribution in [0.1, 0.15) is 12.0 Å². The molecule has 3 aromatic rings. The Morgan fingerprint density at radius 2 is 1.61 bits per heavy atom. The third-order valence-electron chi connectivity index (χ3n) is 5.96. The lowest BCUT2D eigenvalue weighted by Crippen LogP contribution is -2.49. The van der Waals surface area contributed by atoms with Crippen molar-refractivity contribution in [1.82, 2.24) is 14.2 Å². The van der Waals surface area contributed by atoms with Gasteiger partial charge >= 0.3 is 0 Å². The third-order valence-corrected chi connectivity index (χ3v) is 9.23. The van der Waals surface area contributed by atoms with Crippen molar-refractivity contribution in [3.05, 3.63) is 86.9 Å². The minimum atomic E-state index is -4.06. The second kappa shape index (κ2) is 11.9. The zero-order valence-corrected chi connectivity index (χ0v) is 23.3. The predicted octanol–water partition coefficient (Wildman–Crippen LogP) is 5.08. The summed E-state index contributed by atoms with van der Waals surface area (Å²) in [7, 11) is -4.06. The number of aromatic nitrogens is 1. The monoisotopic (exact) mass is 610 g/mol. The summed E-state index contributed by atoms with van der Waals surface area (Å²) in [6.07, 6.45) is 1.80. The van der Waals surface area contributed by atoms with Crippen molar-refractivity contribution >= 4 is 60.9 Å². The van der Waals surface area contributed by atoms with E-state index in [0.717, 1.165) is 15.9 Å². The number of hydrogen-bond donors (Lipinski definition) is 0. The maximum absolute atomic E-state index is 13.6. The molecule has 1 fully saturated rings. The molecule has 0 bridgehead atoms. The van der Waals surface area contributed by atoms with Crippen LogP contribution >= 0.6 is 39.1 Å². The lowest BCUT2D eigenvalue weighted by atomic mass is 10.2. The largest absolute Gasteiger partial charge is 0.353 e. The van der Waals surface area contributed by atoms with Crippen molar-refractivity contribution < 1.29 is 13.2 Å². The van der Waals surface area contributed by atoms with Crippen LogP contribution in [-0.4, -0.2) is 61.2 Å². The summed E-state index contributed by atoms with van der Waals surface area (Å²) in [5.41, 5.74) is 0.798. The molecule has 0 atom stereocenters. The van der Waals surface area contributed by atoms with E-state index in [9.17, 15) is 13.2 Å². The SMILES string of the molecule is O=C(CCN(Cc1ccccc1)S(=O)(=O)c1c(Cl)cccc1Cl)N1CCN(c2ccc(Br)cn2)CC1. The van der Waals surface area contributed by atoms with Gasteiger partial charge in [-0.25, -0.2) is 13.4 Å². The number of carbonyl (C=O) groups is 1. The van der Waals surface area contributed by atoms with E-state index >= 15 is 0 Å². The molecule has 4 rings (SSSR count). The number of benzene rings is 2. The molecule has 0 spiro atoms. The lowest BCUT2D eigenvalue weighted by Gasteiger charge is -2.35. The zero-order chi connectivity index (χ0) is 25.7. The van der Waals surface area contributed by atoms with E-state index in [4.69, 9.17) is 23.2 Å². The number of hydrogen-bond acceptors (Lipinski definition) is 5. The van der Waals surface area contributed by atoms with Crippen LogP contribution in [0.5, 0.6) is 0 Å². The maximum Gasteiger partial charge on any atom is 0.246 e. The molecule has 2 aromatic carbocycles. The summed E-state index contributed by atoms with van der Waals surface area (Å²) < 4.78 is 29.4. The first-order valence-electron chi connectivity index (χ1n) is 11.4. The topological polar surface area (TPSA) is 73.8 Å². The van der Waals surface area contributed by atoms with E-state index in [1.54, 1.807) is 17.2 Å². The highest BCUT2D eigenvalue weighted by Crippen LogP contribution is 2.32. The van der Waals surface area contributed by atoms with E-state index in [1.807, 2.05) is 42.5 Å². The van der Waals surface area contributed by atoms with Crippen LogP contribution in [0.15, 0.2) is 76.2 Å². The molecule has 1 aromatic heterocycles. The molecule has 1 aliphatic heterocycles. The number of anilines is 1. The molecule has 0 unspecified atom stereocenters. The van der Waals surface area contributed by atoms with E-state index in [1.165, 1.54) is 16.4 Å². The van der Waals surface area contributed by atoms with E-state index in [0.29, 0.717) is 26.2 Å². The van der Waals surface area contributed by atoms with E-state index in [-0.39, 0.29) is 40.4 Å². The second-order valence-corrected chi connectivity index (χ2v) is 11.9. The van der Waals surface area contributed by atoms with Crippen molar-refractivity contribution in [1.29, 1.82) is 0 Å². The van der Waals surface area contributed by atoms with Crippen LogP contribution in [-0.2, 0) is 21.4 Å². The summed E-state index contributed by atoms with van der Waals surface area (Å²) in [6, 6.07) is 17.7. The average molecular weight is 612 g/mol. The van der Waals surface area contributed by atoms with Gasteiger partial charge in [-0.1, -0.05) is 59.6 Å². The number of halogens is 3. The lowest BCUT2D eigenvalue weighted by molar-refractivity contribution is -0.131. The van der Waals surface area contributed by atoms with Crippen molar-refractivity contribution in [2.75, 3.05) is 37.6 Å². The van der Waals surface area contributed by atoms with Gasteiger partial charge in [0.15, 0.2) is 0 Å². The highest BCUT2D eigenvalue weighted by atomic mass is 79.9. The third kappa shape index (κ3) is 6.39. The first-order chi connectivity index (χ1) is 17.3. The van der Waals surface area contributed by atoms with Gasteiger partial charge in [0.1, 0.15) is 10.7 Å². The molecule has 0 saturated carbocycles. The van der Waals surface area contributed by atoms with Gasteiger partial charge in [-0.15, -0.1) is 0 Å². The highest BCUT2D eigenvalue weighted by Gasteiger charge is 2.31. The Morgan fingerprint density at radius 3 is 2.22 bits per heavy atom. The summed E-state index contributed by atoms with van der Waals surface area (Å²) >= 11 is 15.9. The molecule has 190 valence electrons. The van der Waals surface area contributed by atoms with Gasteiger partial charge < -0.3 is 9.80 Å². The Bertz CT molecular complexity index is 1280. The molecule has 7 nitrogen and oxygen atoms in total. The first-order valence-corrected chi connectivity index (χ1v) is 14.4. The number of nitrogens with zero attached hydrogens (tertiary/aromatic N) is 4. The average Bonchev–Trinajstić information content (AvgIpc) is 2.87. The molecule has 36 heavy (non-hydrogen) atoms. The predicted molar refractivity (Wildman–Crippen MR) is 146 cm³/mol. The molecule has 1 aliphatic rings. The highest BCUT2D eigenvalue weighted by molar-refractivity contribution is 9.10. The number of amides is 1. The van der Waals surface area contributed by atoms with Crippen molar-refractivity contribution in [3.63, 3.8) is 0 Å². The molecule has 1 saturated heterocycles. The van der Waals surface area contributed by atoms with Gasteiger partial charge in [-0.3, -0.25) is 4.79 Å². The Balaban J connectivity index is 1.45. The van der Waals surface area contributed by atoms with Gasteiger partial charge in [0, 0.05) is 56.4 Å². The summed E-state index contributed by atoms with van der Waals surface area (Å²) in [4.78, 5) is 21.2. The van der Waals surface area contributed by atoms with Crippen molar-refractivity contribution in [3.8, 4) is 0 Å². The van der Waals surface area contributed by atoms with Gasteiger partial charge in [0.05, 0.1) is 10.0 Å². The molecule has 0 N–H and O–H groups in total. The van der Waals surface area contributed by atoms with Crippen molar-refractivity contribution in [2.24, 2.45) is 0 Å². The van der Waals surface area contributed by atoms with Crippen molar-refractivity contribution in [2.45, 2.75) is 17.9 Å². The quantitative estimate of drug-likeness (QED) is 0.355. The fourth-order valence-electron chi connectivity index (χ4n) is 4.05. The van der Waals surface area contributed by atoms with Crippen LogP contribution in [0, 0.1) is 0 Å². The Kier molecular flexibility index (Phi) is 8.90. The molecular weight excluding hydrogens is 587 g/mol. The minimum Gasteiger partial charge on any atom is -0.353 e. The van der Waals surface area contributed by atoms with Gasteiger partial charge in [0.2, 0.25) is 15.9 Å². The van der Waals surface area contributed by atoms with Crippen LogP contribution in [0.2, 0.25) is 10.0 Å². The standard InChI is InChI=1S/C25H25BrCl2N4O3S/c26-20-9-10-23(29-17-20)30-13-15-31(16-14-30)24(33)11-12-32(18-19-5-2-1-3-6-19)36(34,35)25-21(27)7-4-8-22(25)28/h1-10,17H,11-16,18H2. The molecular formula is C25H25BrCl2N4O3S. The van der Waals surface area contributed by atoms with Crippen LogP contribution in [0.25, 0.3) is 0 Å². The number of sulfonamides is 1. The molecule has 0 aliphatic carbocycles. The molecule has 2 heterocycles. The van der Waals surface area contributed by atoms with E-state index < -0.39 is 10.0 Å². The normalized spacial score (nSPS) is 14.3.